The molecule has 0 amide bonds. The summed E-state index contributed by atoms with van der Waals surface area (Å²) in [5.74, 6) is -0.903. The van der Waals surface area contributed by atoms with Gasteiger partial charge in [-0.15, -0.1) is 0 Å². The summed E-state index contributed by atoms with van der Waals surface area (Å²) in [6.07, 6.45) is 3.29. The summed E-state index contributed by atoms with van der Waals surface area (Å²) in [7, 11) is 6.64. The Labute approximate surface area is 107 Å². The van der Waals surface area contributed by atoms with E-state index in [-0.39, 0.29) is 0 Å². The standard InChI is InChI=1S/C8H16O2.C6H16N/c1-4-8(5-2,6-3)7(9)10;1-5-6-7(2,3)4/h4-6H2,1-3H3,(H,9,10);5-6H2,1-4H3/q;+1/p-1. The largest absolute Gasteiger partial charge is 0.550 e. The Bertz CT molecular complexity index is 194. The number of quaternary nitrogens is 1. The lowest BCUT2D eigenvalue weighted by Gasteiger charge is -2.31. The van der Waals surface area contributed by atoms with Crippen molar-refractivity contribution in [2.45, 2.75) is 53.4 Å². The van der Waals surface area contributed by atoms with E-state index >= 15 is 0 Å². The van der Waals surface area contributed by atoms with Gasteiger partial charge < -0.3 is 14.4 Å². The van der Waals surface area contributed by atoms with Crippen molar-refractivity contribution in [3.05, 3.63) is 0 Å². The molecule has 0 saturated carbocycles. The van der Waals surface area contributed by atoms with Crippen molar-refractivity contribution >= 4 is 5.97 Å². The van der Waals surface area contributed by atoms with Crippen LogP contribution in [0.1, 0.15) is 53.4 Å². The van der Waals surface area contributed by atoms with Crippen LogP contribution in [0.25, 0.3) is 0 Å². The fraction of sp³-hybridized carbons (Fsp3) is 0.929. The number of aliphatic carboxylic acids is 1. The smallest absolute Gasteiger partial charge is 0.0777 e. The van der Waals surface area contributed by atoms with E-state index in [1.54, 1.807) is 0 Å². The monoisotopic (exact) mass is 245 g/mol. The second kappa shape index (κ2) is 8.51. The van der Waals surface area contributed by atoms with Crippen molar-refractivity contribution in [2.24, 2.45) is 5.41 Å². The summed E-state index contributed by atoms with van der Waals surface area (Å²) in [5, 5.41) is 10.6. The lowest BCUT2D eigenvalue weighted by molar-refractivity contribution is -0.870. The molecule has 0 rings (SSSR count). The fourth-order valence-corrected chi connectivity index (χ4v) is 1.85. The highest BCUT2D eigenvalue weighted by atomic mass is 16.4. The zero-order valence-corrected chi connectivity index (χ0v) is 12.8. The SMILES string of the molecule is CCC(CC)(CC)C(=O)[O-].CCC[N+](C)(C)C. The molecular weight excluding hydrogens is 214 g/mol. The first kappa shape index (κ1) is 18.8. The number of carbonyl (C=O) groups is 1. The summed E-state index contributed by atoms with van der Waals surface area (Å²) >= 11 is 0. The van der Waals surface area contributed by atoms with Crippen molar-refractivity contribution in [2.75, 3.05) is 27.7 Å². The molecule has 3 nitrogen and oxygen atoms in total. The van der Waals surface area contributed by atoms with Gasteiger partial charge >= 0.3 is 0 Å². The van der Waals surface area contributed by atoms with Gasteiger partial charge in [-0.05, 0) is 25.7 Å². The van der Waals surface area contributed by atoms with Gasteiger partial charge in [-0.1, -0.05) is 27.7 Å². The second-order valence-corrected chi connectivity index (χ2v) is 5.64. The Morgan fingerprint density at radius 2 is 1.35 bits per heavy atom. The van der Waals surface area contributed by atoms with Crippen molar-refractivity contribution < 1.29 is 14.4 Å². The van der Waals surface area contributed by atoms with Crippen LogP contribution in [-0.2, 0) is 4.79 Å². The Morgan fingerprint density at radius 3 is 1.35 bits per heavy atom. The predicted molar refractivity (Wildman–Crippen MR) is 71.5 cm³/mol. The molecule has 3 heteroatoms. The van der Waals surface area contributed by atoms with E-state index in [1.165, 1.54) is 13.0 Å². The lowest BCUT2D eigenvalue weighted by Crippen LogP contribution is -2.41. The third-order valence-corrected chi connectivity index (χ3v) is 3.36. The fourth-order valence-electron chi connectivity index (χ4n) is 1.85. The molecule has 0 aliphatic heterocycles. The highest BCUT2D eigenvalue weighted by Gasteiger charge is 2.24. The van der Waals surface area contributed by atoms with Gasteiger partial charge in [0.15, 0.2) is 0 Å². The van der Waals surface area contributed by atoms with Crippen LogP contribution in [0, 0.1) is 5.41 Å². The summed E-state index contributed by atoms with van der Waals surface area (Å²) < 4.78 is 1.09. The van der Waals surface area contributed by atoms with E-state index in [2.05, 4.69) is 28.1 Å². The molecule has 0 aromatic heterocycles. The number of carboxylic acid groups (broad SMARTS) is 1. The zero-order valence-electron chi connectivity index (χ0n) is 12.8. The van der Waals surface area contributed by atoms with Gasteiger partial charge in [0, 0.05) is 11.4 Å². The van der Waals surface area contributed by atoms with Gasteiger partial charge in [0.1, 0.15) is 0 Å². The van der Waals surface area contributed by atoms with E-state index in [9.17, 15) is 9.90 Å². The number of hydrogen-bond acceptors (Lipinski definition) is 2. The van der Waals surface area contributed by atoms with Crippen LogP contribution >= 0.6 is 0 Å². The van der Waals surface area contributed by atoms with E-state index in [4.69, 9.17) is 0 Å². The van der Waals surface area contributed by atoms with Gasteiger partial charge in [-0.3, -0.25) is 0 Å². The van der Waals surface area contributed by atoms with Crippen molar-refractivity contribution in [1.29, 1.82) is 0 Å². The van der Waals surface area contributed by atoms with Crippen LogP contribution in [0.15, 0.2) is 0 Å². The van der Waals surface area contributed by atoms with Gasteiger partial charge in [0.05, 0.1) is 27.7 Å². The first-order chi connectivity index (χ1) is 7.69. The van der Waals surface area contributed by atoms with Crippen LogP contribution in [0.4, 0.5) is 0 Å². The second-order valence-electron chi connectivity index (χ2n) is 5.64. The van der Waals surface area contributed by atoms with Gasteiger partial charge in [-0.25, -0.2) is 0 Å². The summed E-state index contributed by atoms with van der Waals surface area (Å²) in [4.78, 5) is 10.6. The molecule has 0 bridgehead atoms. The highest BCUT2D eigenvalue weighted by Crippen LogP contribution is 2.28. The van der Waals surface area contributed by atoms with E-state index in [0.29, 0.717) is 19.3 Å². The molecule has 0 atom stereocenters. The van der Waals surface area contributed by atoms with Crippen molar-refractivity contribution in [3.8, 4) is 0 Å². The molecule has 0 aromatic carbocycles. The van der Waals surface area contributed by atoms with E-state index in [0.717, 1.165) is 4.48 Å². The maximum absolute atomic E-state index is 10.6. The summed E-state index contributed by atoms with van der Waals surface area (Å²) in [6, 6.07) is 0. The minimum atomic E-state index is -0.903. The van der Waals surface area contributed by atoms with Crippen LogP contribution in [0.2, 0.25) is 0 Å². The Balaban J connectivity index is 0. The average Bonchev–Trinajstić information content (AvgIpc) is 2.20. The highest BCUT2D eigenvalue weighted by molar-refractivity contribution is 5.72. The third-order valence-electron chi connectivity index (χ3n) is 3.36. The van der Waals surface area contributed by atoms with E-state index < -0.39 is 11.4 Å². The van der Waals surface area contributed by atoms with Gasteiger partial charge in [0.25, 0.3) is 0 Å². The molecule has 104 valence electrons. The molecule has 0 unspecified atom stereocenters. The number of nitrogens with zero attached hydrogens (tertiary/aromatic N) is 1. The number of carboxylic acids is 1. The lowest BCUT2D eigenvalue weighted by atomic mass is 9.80. The Morgan fingerprint density at radius 1 is 1.00 bits per heavy atom. The number of hydrogen-bond donors (Lipinski definition) is 0. The zero-order chi connectivity index (χ0) is 14.1. The first-order valence-corrected chi connectivity index (χ1v) is 6.71. The van der Waals surface area contributed by atoms with E-state index in [1.807, 2.05) is 20.8 Å². The van der Waals surface area contributed by atoms with Crippen molar-refractivity contribution in [3.63, 3.8) is 0 Å². The predicted octanol–water partition coefficient (Wildman–Crippen LogP) is 2.06. The van der Waals surface area contributed by atoms with Gasteiger partial charge in [-0.2, -0.15) is 0 Å². The maximum Gasteiger partial charge on any atom is 0.0777 e. The average molecular weight is 245 g/mol. The van der Waals surface area contributed by atoms with Crippen LogP contribution in [0.5, 0.6) is 0 Å². The molecule has 0 heterocycles. The molecule has 0 N–H and O–H groups in total. The molecule has 17 heavy (non-hydrogen) atoms. The topological polar surface area (TPSA) is 40.1 Å². The molecule has 0 fully saturated rings. The first-order valence-electron chi connectivity index (χ1n) is 6.71. The van der Waals surface area contributed by atoms with Crippen LogP contribution in [-0.4, -0.2) is 38.1 Å². The normalized spacial score (nSPS) is 11.7. The van der Waals surface area contributed by atoms with Gasteiger partial charge in [0.2, 0.25) is 0 Å². The molecule has 0 aliphatic carbocycles. The number of rotatable bonds is 6. The molecule has 0 spiro atoms. The van der Waals surface area contributed by atoms with Crippen LogP contribution in [0.3, 0.4) is 0 Å². The molecule has 0 radical (unpaired) electrons. The summed E-state index contributed by atoms with van der Waals surface area (Å²) in [5.41, 5.74) is -0.569. The minimum absolute atomic E-state index is 0.569. The molecule has 0 aliphatic rings. The molecular formula is C14H31NO2. The van der Waals surface area contributed by atoms with Crippen LogP contribution < -0.4 is 5.11 Å². The Hall–Kier alpha value is -0.570. The maximum atomic E-state index is 10.6. The Kier molecular flexibility index (Phi) is 9.40. The third kappa shape index (κ3) is 8.19. The molecule has 0 aromatic rings. The van der Waals surface area contributed by atoms with Crippen molar-refractivity contribution in [1.82, 2.24) is 0 Å². The number of carbonyl (C=O) groups excluding carboxylic acids is 1. The minimum Gasteiger partial charge on any atom is -0.550 e. The molecule has 0 saturated heterocycles. The quantitative estimate of drug-likeness (QED) is 0.672. The summed E-state index contributed by atoms with van der Waals surface area (Å²) in [6.45, 7) is 9.16.